The number of rotatable bonds is 0. The molecule has 56 valence electrons. The molecule has 0 aromatic heterocycles. The van der Waals surface area contributed by atoms with E-state index in [-0.39, 0.29) is 0 Å². The number of benzene rings is 1. The minimum atomic E-state index is 0.664. The molecule has 3 N–H and O–H groups in total. The molecule has 0 amide bonds. The molecule has 0 saturated carbocycles. The molecule has 3 heteroatoms. The van der Waals surface area contributed by atoms with Gasteiger partial charge in [-0.15, -0.1) is 0 Å². The highest BCUT2D eigenvalue weighted by Crippen LogP contribution is 1.90. The van der Waals surface area contributed by atoms with E-state index in [0.29, 0.717) is 6.67 Å². The van der Waals surface area contributed by atoms with E-state index in [4.69, 9.17) is 5.73 Å². The van der Waals surface area contributed by atoms with Crippen LogP contribution in [-0.2, 0) is 0 Å². The molecule has 0 unspecified atom stereocenters. The van der Waals surface area contributed by atoms with E-state index in [0.717, 1.165) is 16.3 Å². The van der Waals surface area contributed by atoms with E-state index in [1.54, 1.807) is 0 Å². The molecule has 0 saturated heterocycles. The molecular weight excluding hydrogens is 138 g/mol. The Hall–Kier alpha value is -1.51. The van der Waals surface area contributed by atoms with Gasteiger partial charge in [-0.25, -0.2) is 0 Å². The lowest BCUT2D eigenvalue weighted by atomic mass is 10.2. The van der Waals surface area contributed by atoms with Crippen molar-refractivity contribution in [2.24, 2.45) is 4.99 Å². The summed E-state index contributed by atoms with van der Waals surface area (Å²) in [6.07, 6.45) is 1.93. The third-order valence-electron chi connectivity index (χ3n) is 1.65. The fraction of sp³-hybridized carbons (Fsp3) is 0.125. The van der Waals surface area contributed by atoms with Crippen LogP contribution in [0.4, 0.5) is 5.69 Å². The monoisotopic (exact) mass is 147 g/mol. The molecule has 2 rings (SSSR count). The van der Waals surface area contributed by atoms with Crippen molar-refractivity contribution in [3.8, 4) is 0 Å². The molecule has 1 aliphatic rings. The molecule has 1 heterocycles. The predicted octanol–water partition coefficient (Wildman–Crippen LogP) is -0.813. The molecule has 0 fully saturated rings. The summed E-state index contributed by atoms with van der Waals surface area (Å²) < 4.78 is 0. The van der Waals surface area contributed by atoms with Crippen molar-refractivity contribution in [1.29, 1.82) is 0 Å². The Bertz CT molecular complexity index is 381. The smallest absolute Gasteiger partial charge is 0.108 e. The van der Waals surface area contributed by atoms with Crippen molar-refractivity contribution < 1.29 is 0 Å². The first kappa shape index (κ1) is 6.22. The predicted molar refractivity (Wildman–Crippen MR) is 44.1 cm³/mol. The van der Waals surface area contributed by atoms with E-state index in [1.807, 2.05) is 24.4 Å². The molecule has 0 atom stereocenters. The maximum absolute atomic E-state index is 5.59. The van der Waals surface area contributed by atoms with E-state index in [9.17, 15) is 0 Å². The highest BCUT2D eigenvalue weighted by atomic mass is 15.0. The van der Waals surface area contributed by atoms with Crippen molar-refractivity contribution in [3.05, 3.63) is 28.8 Å². The Morgan fingerprint density at radius 1 is 1.45 bits per heavy atom. The molecule has 1 aromatic carbocycles. The lowest BCUT2D eigenvalue weighted by molar-refractivity contribution is 0.867. The first-order valence-electron chi connectivity index (χ1n) is 3.50. The number of anilines is 1. The molecule has 3 nitrogen and oxygen atoms in total. The van der Waals surface area contributed by atoms with Crippen molar-refractivity contribution in [3.63, 3.8) is 0 Å². The molecule has 0 bridgehead atoms. The second-order valence-corrected chi connectivity index (χ2v) is 2.48. The molecule has 11 heavy (non-hydrogen) atoms. The largest absolute Gasteiger partial charge is 0.399 e. The topological polar surface area (TPSA) is 50.4 Å². The highest BCUT2D eigenvalue weighted by Gasteiger charge is 1.92. The zero-order valence-corrected chi connectivity index (χ0v) is 6.04. The summed E-state index contributed by atoms with van der Waals surface area (Å²) in [6.45, 7) is 0.664. The number of nitrogens with two attached hydrogens (primary N) is 1. The minimum absolute atomic E-state index is 0.664. The maximum Gasteiger partial charge on any atom is 0.108 e. The van der Waals surface area contributed by atoms with Crippen LogP contribution in [0.2, 0.25) is 0 Å². The SMILES string of the molecule is Nc1ccc2c(c1)=CNCN=2. The maximum atomic E-state index is 5.59. The third kappa shape index (κ3) is 1.05. The van der Waals surface area contributed by atoms with Gasteiger partial charge in [0.25, 0.3) is 0 Å². The molecular formula is C8H9N3. The van der Waals surface area contributed by atoms with Gasteiger partial charge in [-0.3, -0.25) is 4.99 Å². The molecule has 0 spiro atoms. The van der Waals surface area contributed by atoms with Crippen LogP contribution in [0.25, 0.3) is 6.20 Å². The molecule has 1 aliphatic heterocycles. The van der Waals surface area contributed by atoms with Crippen LogP contribution < -0.4 is 21.6 Å². The van der Waals surface area contributed by atoms with E-state index in [1.165, 1.54) is 0 Å². The second kappa shape index (κ2) is 2.27. The fourth-order valence-corrected chi connectivity index (χ4v) is 1.12. The number of nitrogens with one attached hydrogen (secondary N) is 1. The van der Waals surface area contributed by atoms with E-state index in [2.05, 4.69) is 10.3 Å². The van der Waals surface area contributed by atoms with Crippen LogP contribution in [0.15, 0.2) is 23.2 Å². The van der Waals surface area contributed by atoms with Crippen molar-refractivity contribution in [1.82, 2.24) is 5.32 Å². The summed E-state index contributed by atoms with van der Waals surface area (Å²) in [5.41, 5.74) is 6.37. The van der Waals surface area contributed by atoms with Crippen LogP contribution in [0.3, 0.4) is 0 Å². The Kier molecular flexibility index (Phi) is 1.28. The zero-order chi connectivity index (χ0) is 7.68. The molecule has 1 aromatic rings. The van der Waals surface area contributed by atoms with Crippen LogP contribution in [0.1, 0.15) is 0 Å². The first-order valence-corrected chi connectivity index (χ1v) is 3.50. The van der Waals surface area contributed by atoms with E-state index >= 15 is 0 Å². The zero-order valence-electron chi connectivity index (χ0n) is 6.04. The summed E-state index contributed by atoms with van der Waals surface area (Å²) in [5, 5.41) is 5.10. The van der Waals surface area contributed by atoms with Crippen LogP contribution in [0, 0.1) is 0 Å². The Morgan fingerprint density at radius 2 is 2.36 bits per heavy atom. The van der Waals surface area contributed by atoms with Crippen molar-refractivity contribution in [2.75, 3.05) is 12.4 Å². The van der Waals surface area contributed by atoms with E-state index < -0.39 is 0 Å². The van der Waals surface area contributed by atoms with Gasteiger partial charge >= 0.3 is 0 Å². The standard InChI is InChI=1S/C8H9N3/c9-7-1-2-8-6(3-7)4-10-5-11-8/h1-4,10H,5,9H2. The average molecular weight is 147 g/mol. The van der Waals surface area contributed by atoms with Gasteiger partial charge in [0.15, 0.2) is 0 Å². The number of hydrogen-bond acceptors (Lipinski definition) is 3. The van der Waals surface area contributed by atoms with Crippen molar-refractivity contribution >= 4 is 11.9 Å². The van der Waals surface area contributed by atoms with Gasteiger partial charge in [-0.05, 0) is 18.2 Å². The summed E-state index contributed by atoms with van der Waals surface area (Å²) in [7, 11) is 0. The third-order valence-corrected chi connectivity index (χ3v) is 1.65. The van der Waals surface area contributed by atoms with Crippen LogP contribution >= 0.6 is 0 Å². The van der Waals surface area contributed by atoms with Gasteiger partial charge in [-0.2, -0.15) is 0 Å². The van der Waals surface area contributed by atoms with Gasteiger partial charge < -0.3 is 11.1 Å². The summed E-state index contributed by atoms with van der Waals surface area (Å²) in [4.78, 5) is 4.24. The quantitative estimate of drug-likeness (QED) is 0.471. The van der Waals surface area contributed by atoms with Gasteiger partial charge in [0.1, 0.15) is 6.67 Å². The summed E-state index contributed by atoms with van der Waals surface area (Å²) in [6, 6.07) is 5.70. The Labute approximate surface area is 64.3 Å². The first-order chi connectivity index (χ1) is 5.36. The lowest BCUT2D eigenvalue weighted by Gasteiger charge is -2.01. The van der Waals surface area contributed by atoms with Gasteiger partial charge in [0.05, 0.1) is 5.36 Å². The van der Waals surface area contributed by atoms with Crippen LogP contribution in [-0.4, -0.2) is 6.67 Å². The van der Waals surface area contributed by atoms with Gasteiger partial charge in [0.2, 0.25) is 0 Å². The minimum Gasteiger partial charge on any atom is -0.399 e. The molecule has 0 radical (unpaired) electrons. The normalized spacial score (nSPS) is 13.8. The lowest BCUT2D eigenvalue weighted by Crippen LogP contribution is -2.33. The number of fused-ring (bicyclic) bond motifs is 1. The highest BCUT2D eigenvalue weighted by molar-refractivity contribution is 5.40. The fourth-order valence-electron chi connectivity index (χ4n) is 1.12. The average Bonchev–Trinajstić information content (AvgIpc) is 2.04. The van der Waals surface area contributed by atoms with Crippen molar-refractivity contribution in [2.45, 2.75) is 0 Å². The Morgan fingerprint density at radius 3 is 3.27 bits per heavy atom. The summed E-state index contributed by atoms with van der Waals surface area (Å²) in [5.74, 6) is 0. The Balaban J connectivity index is 2.80. The number of hydrogen-bond donors (Lipinski definition) is 2. The number of nitrogen functional groups attached to an aromatic ring is 1. The second-order valence-electron chi connectivity index (χ2n) is 2.48. The summed E-state index contributed by atoms with van der Waals surface area (Å²) >= 11 is 0. The van der Waals surface area contributed by atoms with Gasteiger partial charge in [0, 0.05) is 17.1 Å². The van der Waals surface area contributed by atoms with Crippen LogP contribution in [0.5, 0.6) is 0 Å². The number of nitrogens with zero attached hydrogens (tertiary/aromatic N) is 1. The molecule has 0 aliphatic carbocycles. The van der Waals surface area contributed by atoms with Gasteiger partial charge in [-0.1, -0.05) is 0 Å².